The summed E-state index contributed by atoms with van der Waals surface area (Å²) in [6, 6.07) is 0.336. The van der Waals surface area contributed by atoms with Gasteiger partial charge in [-0.3, -0.25) is 4.99 Å². The topological polar surface area (TPSA) is 50.4 Å². The lowest BCUT2D eigenvalue weighted by Crippen LogP contribution is -2.41. The molecule has 0 atom stereocenters. The fraction of sp³-hybridized carbons (Fsp3) is 0.900. The molecule has 0 aromatic heterocycles. The summed E-state index contributed by atoms with van der Waals surface area (Å²) in [4.78, 5) is 3.88. The molecule has 1 aliphatic rings. The number of guanidine groups is 1. The summed E-state index contributed by atoms with van der Waals surface area (Å²) < 4.78 is 35.5. The monoisotopic (exact) mass is 269 g/mol. The van der Waals surface area contributed by atoms with E-state index in [0.29, 0.717) is 6.04 Å². The van der Waals surface area contributed by atoms with Crippen LogP contribution in [0.3, 0.4) is 0 Å². The Kier molecular flexibility index (Phi) is 5.94. The lowest BCUT2D eigenvalue weighted by Gasteiger charge is -2.23. The molecule has 0 amide bonds. The molecule has 1 rings (SSSR count). The molecule has 1 aliphatic carbocycles. The van der Waals surface area contributed by atoms with E-state index in [1.165, 1.54) is 19.3 Å². The van der Waals surface area contributed by atoms with Gasteiger partial charge in [-0.05, 0) is 24.6 Å². The average molecular weight is 269 g/mol. The Morgan fingerprint density at radius 1 is 1.29 bits per heavy atom. The SMILES string of the molecule is NC(=NCCSC(F)(F)F)NC1CCCCC1. The Labute approximate surface area is 103 Å². The lowest BCUT2D eigenvalue weighted by molar-refractivity contribution is -0.0327. The normalized spacial score (nSPS) is 19.4. The fourth-order valence-electron chi connectivity index (χ4n) is 1.83. The highest BCUT2D eigenvalue weighted by atomic mass is 32.2. The van der Waals surface area contributed by atoms with Gasteiger partial charge in [-0.2, -0.15) is 13.2 Å². The zero-order valence-electron chi connectivity index (χ0n) is 9.59. The highest BCUT2D eigenvalue weighted by molar-refractivity contribution is 8.00. The molecule has 0 spiro atoms. The van der Waals surface area contributed by atoms with Crippen LogP contribution in [-0.4, -0.2) is 29.8 Å². The predicted octanol–water partition coefficient (Wildman–Crippen LogP) is 2.48. The van der Waals surface area contributed by atoms with Crippen molar-refractivity contribution in [1.82, 2.24) is 5.32 Å². The van der Waals surface area contributed by atoms with Crippen LogP contribution in [0.2, 0.25) is 0 Å². The first-order valence-corrected chi connectivity index (χ1v) is 6.73. The van der Waals surface area contributed by atoms with Gasteiger partial charge in [0.15, 0.2) is 5.96 Å². The van der Waals surface area contributed by atoms with E-state index in [4.69, 9.17) is 5.73 Å². The molecule has 3 nitrogen and oxygen atoms in total. The largest absolute Gasteiger partial charge is 0.441 e. The first kappa shape index (κ1) is 14.5. The molecule has 100 valence electrons. The lowest BCUT2D eigenvalue weighted by atomic mass is 9.96. The number of nitrogens with two attached hydrogens (primary N) is 1. The molecule has 0 saturated heterocycles. The van der Waals surface area contributed by atoms with Gasteiger partial charge >= 0.3 is 5.51 Å². The van der Waals surface area contributed by atoms with Gasteiger partial charge < -0.3 is 11.1 Å². The molecular formula is C10H18F3N3S. The minimum atomic E-state index is -4.18. The maximum absolute atomic E-state index is 11.8. The maximum Gasteiger partial charge on any atom is 0.441 e. The molecule has 0 radical (unpaired) electrons. The van der Waals surface area contributed by atoms with Crippen LogP contribution >= 0.6 is 11.8 Å². The van der Waals surface area contributed by atoms with Gasteiger partial charge in [0.25, 0.3) is 0 Å². The Morgan fingerprint density at radius 2 is 1.94 bits per heavy atom. The Hall–Kier alpha value is -0.590. The van der Waals surface area contributed by atoms with Crippen molar-refractivity contribution in [3.63, 3.8) is 0 Å². The predicted molar refractivity (Wildman–Crippen MR) is 65.0 cm³/mol. The quantitative estimate of drug-likeness (QED) is 0.468. The van der Waals surface area contributed by atoms with E-state index in [2.05, 4.69) is 10.3 Å². The van der Waals surface area contributed by atoms with E-state index in [1.54, 1.807) is 0 Å². The van der Waals surface area contributed by atoms with E-state index < -0.39 is 5.51 Å². The van der Waals surface area contributed by atoms with Gasteiger partial charge in [0.2, 0.25) is 0 Å². The van der Waals surface area contributed by atoms with Crippen molar-refractivity contribution in [3.05, 3.63) is 0 Å². The third-order valence-electron chi connectivity index (χ3n) is 2.60. The number of hydrogen-bond donors (Lipinski definition) is 2. The number of alkyl halides is 3. The number of nitrogens with one attached hydrogen (secondary N) is 1. The first-order valence-electron chi connectivity index (χ1n) is 5.74. The van der Waals surface area contributed by atoms with Crippen molar-refractivity contribution in [3.8, 4) is 0 Å². The summed E-state index contributed by atoms with van der Waals surface area (Å²) in [7, 11) is 0. The number of hydrogen-bond acceptors (Lipinski definition) is 2. The molecule has 0 bridgehead atoms. The first-order chi connectivity index (χ1) is 7.97. The minimum absolute atomic E-state index is 0.0688. The Balaban J connectivity index is 2.15. The molecule has 0 heterocycles. The molecule has 1 saturated carbocycles. The average Bonchev–Trinajstić information content (AvgIpc) is 2.25. The summed E-state index contributed by atoms with van der Waals surface area (Å²) in [5.41, 5.74) is 1.42. The number of rotatable bonds is 4. The summed E-state index contributed by atoms with van der Waals surface area (Å²) in [6.45, 7) is 0.0930. The van der Waals surface area contributed by atoms with Crippen molar-refractivity contribution >= 4 is 17.7 Å². The second-order valence-corrected chi connectivity index (χ2v) is 5.20. The third-order valence-corrected chi connectivity index (χ3v) is 3.31. The van der Waals surface area contributed by atoms with Crippen LogP contribution in [0.4, 0.5) is 13.2 Å². The van der Waals surface area contributed by atoms with Crippen molar-refractivity contribution in [2.75, 3.05) is 12.3 Å². The third kappa shape index (κ3) is 7.36. The van der Waals surface area contributed by atoms with Gasteiger partial charge in [-0.15, -0.1) is 0 Å². The van der Waals surface area contributed by atoms with Gasteiger partial charge in [0.05, 0.1) is 6.54 Å². The minimum Gasteiger partial charge on any atom is -0.370 e. The van der Waals surface area contributed by atoms with Gasteiger partial charge in [-0.25, -0.2) is 0 Å². The molecule has 0 aromatic carbocycles. The molecule has 0 unspecified atom stereocenters. The van der Waals surface area contributed by atoms with Crippen molar-refractivity contribution < 1.29 is 13.2 Å². The van der Waals surface area contributed by atoms with Gasteiger partial charge in [-0.1, -0.05) is 19.3 Å². The number of aliphatic imine (C=N–C) groups is 1. The van der Waals surface area contributed by atoms with Crippen molar-refractivity contribution in [2.45, 2.75) is 43.7 Å². The smallest absolute Gasteiger partial charge is 0.370 e. The van der Waals surface area contributed by atoms with Crippen LogP contribution in [0.15, 0.2) is 4.99 Å². The van der Waals surface area contributed by atoms with Crippen molar-refractivity contribution in [1.29, 1.82) is 0 Å². The second-order valence-electron chi connectivity index (χ2n) is 4.04. The molecule has 7 heteroatoms. The maximum atomic E-state index is 11.8. The zero-order valence-corrected chi connectivity index (χ0v) is 10.4. The molecule has 0 aliphatic heterocycles. The van der Waals surface area contributed by atoms with Crippen LogP contribution in [0.1, 0.15) is 32.1 Å². The van der Waals surface area contributed by atoms with E-state index in [1.807, 2.05) is 0 Å². The fourth-order valence-corrected chi connectivity index (χ4v) is 2.24. The summed E-state index contributed by atoms with van der Waals surface area (Å²) in [5, 5.41) is 3.05. The molecule has 17 heavy (non-hydrogen) atoms. The second kappa shape index (κ2) is 6.98. The molecular weight excluding hydrogens is 251 g/mol. The number of halogens is 3. The molecule has 3 N–H and O–H groups in total. The standard InChI is InChI=1S/C10H18F3N3S/c11-10(12,13)17-7-6-15-9(14)16-8-4-2-1-3-5-8/h8H,1-7H2,(H3,14,15,16). The summed E-state index contributed by atoms with van der Waals surface area (Å²) in [5.74, 6) is 0.177. The zero-order chi connectivity index (χ0) is 12.7. The van der Waals surface area contributed by atoms with Crippen molar-refractivity contribution in [2.24, 2.45) is 10.7 Å². The van der Waals surface area contributed by atoms with Crippen LogP contribution in [0, 0.1) is 0 Å². The van der Waals surface area contributed by atoms with Crippen LogP contribution in [0.25, 0.3) is 0 Å². The van der Waals surface area contributed by atoms with Crippen LogP contribution < -0.4 is 11.1 Å². The summed E-state index contributed by atoms with van der Waals surface area (Å²) in [6.07, 6.45) is 5.72. The number of nitrogens with zero attached hydrogens (tertiary/aromatic N) is 1. The Bertz CT molecular complexity index is 250. The highest BCUT2D eigenvalue weighted by Gasteiger charge is 2.27. The number of thioether (sulfide) groups is 1. The van der Waals surface area contributed by atoms with Crippen LogP contribution in [-0.2, 0) is 0 Å². The van der Waals surface area contributed by atoms with E-state index in [9.17, 15) is 13.2 Å². The van der Waals surface area contributed by atoms with E-state index in [0.717, 1.165) is 12.8 Å². The Morgan fingerprint density at radius 3 is 2.53 bits per heavy atom. The van der Waals surface area contributed by atoms with Gasteiger partial charge in [0, 0.05) is 11.8 Å². The van der Waals surface area contributed by atoms with E-state index in [-0.39, 0.29) is 30.0 Å². The van der Waals surface area contributed by atoms with E-state index >= 15 is 0 Å². The van der Waals surface area contributed by atoms with Crippen LogP contribution in [0.5, 0.6) is 0 Å². The highest BCUT2D eigenvalue weighted by Crippen LogP contribution is 2.29. The molecule has 0 aromatic rings. The summed E-state index contributed by atoms with van der Waals surface area (Å²) >= 11 is -0.0688. The van der Waals surface area contributed by atoms with Gasteiger partial charge in [0.1, 0.15) is 0 Å². The molecule has 1 fully saturated rings.